The van der Waals surface area contributed by atoms with Crippen LogP contribution in [-0.4, -0.2) is 17.0 Å². The summed E-state index contributed by atoms with van der Waals surface area (Å²) in [5.41, 5.74) is 1.07. The van der Waals surface area contributed by atoms with Crippen LogP contribution in [0, 0.1) is 6.92 Å². The molecule has 0 aliphatic heterocycles. The van der Waals surface area contributed by atoms with Crippen molar-refractivity contribution in [3.8, 4) is 11.6 Å². The summed E-state index contributed by atoms with van der Waals surface area (Å²) in [5, 5.41) is 3.04. The number of aryl methyl sites for hydroxylation is 1. The molecule has 1 aromatic heterocycles. The zero-order valence-electron chi connectivity index (χ0n) is 12.7. The summed E-state index contributed by atoms with van der Waals surface area (Å²) in [6, 6.07) is 9.70. The molecule has 1 aromatic carbocycles. The molecular formula is C16H21N3O. The van der Waals surface area contributed by atoms with Crippen LogP contribution in [0.5, 0.6) is 11.6 Å². The first-order valence-electron chi connectivity index (χ1n) is 6.70. The minimum absolute atomic E-state index is 0.127. The molecule has 0 atom stereocenters. The summed E-state index contributed by atoms with van der Waals surface area (Å²) in [4.78, 5) is 8.97. The molecule has 0 aliphatic carbocycles. The van der Waals surface area contributed by atoms with E-state index in [1.807, 2.05) is 38.2 Å². The largest absolute Gasteiger partial charge is 0.439 e. The molecule has 0 unspecified atom stereocenters. The van der Waals surface area contributed by atoms with Crippen molar-refractivity contribution in [3.63, 3.8) is 0 Å². The number of benzene rings is 1. The third kappa shape index (κ3) is 3.47. The van der Waals surface area contributed by atoms with Gasteiger partial charge in [0.25, 0.3) is 0 Å². The number of hydrogen-bond donors (Lipinski definition) is 1. The summed E-state index contributed by atoms with van der Waals surface area (Å²) in [5.74, 6) is 2.84. The highest BCUT2D eigenvalue weighted by molar-refractivity contribution is 5.40. The van der Waals surface area contributed by atoms with E-state index in [9.17, 15) is 0 Å². The molecule has 1 N–H and O–H groups in total. The van der Waals surface area contributed by atoms with Crippen LogP contribution in [0.3, 0.4) is 0 Å². The second-order valence-electron chi connectivity index (χ2n) is 5.83. The minimum atomic E-state index is -0.127. The van der Waals surface area contributed by atoms with Gasteiger partial charge in [0.05, 0.1) is 0 Å². The van der Waals surface area contributed by atoms with Crippen molar-refractivity contribution in [3.05, 3.63) is 41.7 Å². The normalized spacial score (nSPS) is 11.2. The summed E-state index contributed by atoms with van der Waals surface area (Å²) in [6.07, 6.45) is 0. The van der Waals surface area contributed by atoms with Gasteiger partial charge in [-0.15, -0.1) is 0 Å². The summed E-state index contributed by atoms with van der Waals surface area (Å²) >= 11 is 0. The smallest absolute Gasteiger partial charge is 0.224 e. The molecular weight excluding hydrogens is 250 g/mol. The van der Waals surface area contributed by atoms with E-state index in [2.05, 4.69) is 36.1 Å². The Balaban J connectivity index is 2.33. The lowest BCUT2D eigenvalue weighted by molar-refractivity contribution is 0.446. The SMILES string of the molecule is CNc1cc(Oc2ccc(C)cc2)nc(C(C)(C)C)n1. The van der Waals surface area contributed by atoms with Gasteiger partial charge in [-0.1, -0.05) is 38.5 Å². The van der Waals surface area contributed by atoms with Crippen molar-refractivity contribution in [2.75, 3.05) is 12.4 Å². The predicted octanol–water partition coefficient (Wildman–Crippen LogP) is 3.92. The Kier molecular flexibility index (Phi) is 3.93. The fourth-order valence-electron chi connectivity index (χ4n) is 1.67. The maximum absolute atomic E-state index is 5.82. The first kappa shape index (κ1) is 14.3. The van der Waals surface area contributed by atoms with Crippen LogP contribution in [0.4, 0.5) is 5.82 Å². The van der Waals surface area contributed by atoms with Crippen molar-refractivity contribution in [1.82, 2.24) is 9.97 Å². The fourth-order valence-corrected chi connectivity index (χ4v) is 1.67. The Morgan fingerprint density at radius 3 is 2.25 bits per heavy atom. The molecule has 2 aromatic rings. The van der Waals surface area contributed by atoms with Crippen LogP contribution in [0.2, 0.25) is 0 Å². The molecule has 0 saturated heterocycles. The second-order valence-corrected chi connectivity index (χ2v) is 5.83. The third-order valence-electron chi connectivity index (χ3n) is 2.87. The summed E-state index contributed by atoms with van der Waals surface area (Å²) in [6.45, 7) is 8.29. The van der Waals surface area contributed by atoms with E-state index in [0.29, 0.717) is 5.88 Å². The zero-order valence-corrected chi connectivity index (χ0v) is 12.7. The van der Waals surface area contributed by atoms with Gasteiger partial charge in [0.15, 0.2) is 0 Å². The standard InChI is InChI=1S/C16H21N3O/c1-11-6-8-12(9-7-11)20-14-10-13(17-5)18-15(19-14)16(2,3)4/h6-10H,1-5H3,(H,17,18,19). The number of anilines is 1. The molecule has 4 nitrogen and oxygen atoms in total. The van der Waals surface area contributed by atoms with Crippen molar-refractivity contribution in [1.29, 1.82) is 0 Å². The molecule has 1 heterocycles. The van der Waals surface area contributed by atoms with Crippen LogP contribution in [-0.2, 0) is 5.41 Å². The van der Waals surface area contributed by atoms with E-state index >= 15 is 0 Å². The molecule has 0 bridgehead atoms. The highest BCUT2D eigenvalue weighted by Crippen LogP contribution is 2.26. The Bertz CT molecular complexity index is 586. The lowest BCUT2D eigenvalue weighted by atomic mass is 9.96. The third-order valence-corrected chi connectivity index (χ3v) is 2.87. The van der Waals surface area contributed by atoms with Gasteiger partial charge in [-0.2, -0.15) is 4.98 Å². The molecule has 0 radical (unpaired) electrons. The number of nitrogens with zero attached hydrogens (tertiary/aromatic N) is 2. The zero-order chi connectivity index (χ0) is 14.8. The maximum Gasteiger partial charge on any atom is 0.224 e. The topological polar surface area (TPSA) is 47.0 Å². The molecule has 106 valence electrons. The maximum atomic E-state index is 5.82. The number of rotatable bonds is 3. The van der Waals surface area contributed by atoms with Gasteiger partial charge in [-0.25, -0.2) is 4.98 Å². The van der Waals surface area contributed by atoms with Crippen LogP contribution < -0.4 is 10.1 Å². The number of ether oxygens (including phenoxy) is 1. The van der Waals surface area contributed by atoms with E-state index in [1.165, 1.54) is 5.56 Å². The quantitative estimate of drug-likeness (QED) is 0.919. The number of aromatic nitrogens is 2. The highest BCUT2D eigenvalue weighted by Gasteiger charge is 2.19. The predicted molar refractivity (Wildman–Crippen MR) is 81.5 cm³/mol. The van der Waals surface area contributed by atoms with E-state index in [1.54, 1.807) is 6.07 Å². The molecule has 4 heteroatoms. The van der Waals surface area contributed by atoms with Gasteiger partial charge in [-0.05, 0) is 19.1 Å². The molecule has 0 saturated carbocycles. The van der Waals surface area contributed by atoms with Crippen LogP contribution in [0.1, 0.15) is 32.2 Å². The lowest BCUT2D eigenvalue weighted by Crippen LogP contribution is -2.17. The van der Waals surface area contributed by atoms with Crippen molar-refractivity contribution in [2.24, 2.45) is 0 Å². The van der Waals surface area contributed by atoms with Crippen molar-refractivity contribution in [2.45, 2.75) is 33.1 Å². The van der Waals surface area contributed by atoms with E-state index < -0.39 is 0 Å². The van der Waals surface area contributed by atoms with E-state index in [-0.39, 0.29) is 5.41 Å². The van der Waals surface area contributed by atoms with Crippen molar-refractivity contribution < 1.29 is 4.74 Å². The van der Waals surface area contributed by atoms with Crippen molar-refractivity contribution >= 4 is 5.82 Å². The monoisotopic (exact) mass is 271 g/mol. The number of nitrogens with one attached hydrogen (secondary N) is 1. The van der Waals surface area contributed by atoms with E-state index in [0.717, 1.165) is 17.4 Å². The Morgan fingerprint density at radius 1 is 1.05 bits per heavy atom. The molecule has 2 rings (SSSR count). The Labute approximate surface area is 120 Å². The first-order chi connectivity index (χ1) is 9.38. The molecule has 0 aliphatic rings. The van der Waals surface area contributed by atoms with Gasteiger partial charge >= 0.3 is 0 Å². The average Bonchev–Trinajstić information content (AvgIpc) is 2.40. The van der Waals surface area contributed by atoms with Gasteiger partial charge in [-0.3, -0.25) is 0 Å². The summed E-state index contributed by atoms with van der Waals surface area (Å²) < 4.78 is 5.82. The average molecular weight is 271 g/mol. The molecule has 20 heavy (non-hydrogen) atoms. The van der Waals surface area contributed by atoms with Crippen LogP contribution in [0.25, 0.3) is 0 Å². The number of hydrogen-bond acceptors (Lipinski definition) is 4. The highest BCUT2D eigenvalue weighted by atomic mass is 16.5. The first-order valence-corrected chi connectivity index (χ1v) is 6.70. The summed E-state index contributed by atoms with van der Waals surface area (Å²) in [7, 11) is 1.84. The molecule has 0 spiro atoms. The van der Waals surface area contributed by atoms with Gasteiger partial charge in [0.2, 0.25) is 5.88 Å². The van der Waals surface area contributed by atoms with Crippen LogP contribution >= 0.6 is 0 Å². The fraction of sp³-hybridized carbons (Fsp3) is 0.375. The second kappa shape index (κ2) is 5.49. The van der Waals surface area contributed by atoms with Gasteiger partial charge < -0.3 is 10.1 Å². The Morgan fingerprint density at radius 2 is 1.70 bits per heavy atom. The van der Waals surface area contributed by atoms with Gasteiger partial charge in [0, 0.05) is 18.5 Å². The Hall–Kier alpha value is -2.10. The lowest BCUT2D eigenvalue weighted by Gasteiger charge is -2.18. The molecule has 0 fully saturated rings. The molecule has 0 amide bonds. The van der Waals surface area contributed by atoms with Gasteiger partial charge in [0.1, 0.15) is 17.4 Å². The minimum Gasteiger partial charge on any atom is -0.439 e. The van der Waals surface area contributed by atoms with Crippen LogP contribution in [0.15, 0.2) is 30.3 Å². The van der Waals surface area contributed by atoms with E-state index in [4.69, 9.17) is 4.74 Å².